The molecule has 0 spiro atoms. The Morgan fingerprint density at radius 3 is 0.792 bits per heavy atom. The average molecular weight is 356 g/mol. The van der Waals surface area contributed by atoms with Gasteiger partial charge < -0.3 is 10.6 Å². The van der Waals surface area contributed by atoms with E-state index < -0.39 is 69.0 Å². The van der Waals surface area contributed by atoms with Crippen molar-refractivity contribution in [2.45, 2.75) is 0 Å². The quantitative estimate of drug-likeness (QED) is 0.623. The summed E-state index contributed by atoms with van der Waals surface area (Å²) in [6.07, 6.45) is 0. The third-order valence-corrected chi connectivity index (χ3v) is 3.28. The molecule has 0 aliphatic carbocycles. The van der Waals surface area contributed by atoms with Gasteiger partial charge in [-0.2, -0.15) is 0 Å². The first-order valence-corrected chi connectivity index (χ1v) is 6.26. The summed E-state index contributed by atoms with van der Waals surface area (Å²) in [5.74, 6) is -16.9. The van der Waals surface area contributed by atoms with E-state index in [2.05, 4.69) is 0 Å². The number of anilines is 2. The van der Waals surface area contributed by atoms with Gasteiger partial charge in [0.25, 0.3) is 0 Å². The Balaban J connectivity index is 2.99. The summed E-state index contributed by atoms with van der Waals surface area (Å²) in [5.41, 5.74) is -6.30. The Labute approximate surface area is 130 Å². The second-order valence-corrected chi connectivity index (χ2v) is 4.51. The zero-order chi connectivity index (χ0) is 18.3. The highest BCUT2D eigenvalue weighted by atomic mass is 19.2. The highest BCUT2D eigenvalue weighted by Gasteiger charge is 2.33. The van der Waals surface area contributed by atoms with Crippen molar-refractivity contribution in [1.82, 2.24) is 0 Å². The molecule has 0 aromatic heterocycles. The molecule has 0 heterocycles. The smallest absolute Gasteiger partial charge is 0.185 e. The Hall–Kier alpha value is -2.52. The first-order valence-electron chi connectivity index (χ1n) is 6.26. The first-order chi connectivity index (χ1) is 11.2. The molecule has 2 nitrogen and oxygen atoms in total. The highest BCUT2D eigenvalue weighted by molar-refractivity contribution is 5.72. The molecule has 2 rings (SSSR count). The molecule has 0 atom stereocenters. The molecule has 10 heteroatoms. The van der Waals surface area contributed by atoms with E-state index in [1.807, 2.05) is 10.6 Å². The minimum atomic E-state index is -2.22. The lowest BCUT2D eigenvalue weighted by atomic mass is 10.00. The van der Waals surface area contributed by atoms with Crippen molar-refractivity contribution < 1.29 is 35.1 Å². The van der Waals surface area contributed by atoms with Gasteiger partial charge in [-0.3, -0.25) is 0 Å². The molecule has 0 aliphatic heterocycles. The molecule has 0 bridgehead atoms. The fourth-order valence-electron chi connectivity index (χ4n) is 2.14. The summed E-state index contributed by atoms with van der Waals surface area (Å²) < 4.78 is 111. The van der Waals surface area contributed by atoms with E-state index in [1.54, 1.807) is 0 Å². The van der Waals surface area contributed by atoms with Crippen LogP contribution >= 0.6 is 0 Å². The lowest BCUT2D eigenvalue weighted by Crippen LogP contribution is -2.11. The Bertz CT molecular complexity index is 707. The number of benzene rings is 2. The van der Waals surface area contributed by atoms with Crippen molar-refractivity contribution in [3.8, 4) is 11.1 Å². The van der Waals surface area contributed by atoms with Gasteiger partial charge in [0.05, 0.1) is 11.1 Å². The van der Waals surface area contributed by atoms with Gasteiger partial charge in [-0.25, -0.2) is 35.1 Å². The second-order valence-electron chi connectivity index (χ2n) is 4.51. The van der Waals surface area contributed by atoms with Crippen LogP contribution in [0.4, 0.5) is 46.5 Å². The maximum atomic E-state index is 14.0. The maximum absolute atomic E-state index is 14.0. The fraction of sp³-hybridized carbons (Fsp3) is 0.143. The molecule has 0 saturated heterocycles. The fourth-order valence-corrected chi connectivity index (χ4v) is 2.14. The monoisotopic (exact) mass is 356 g/mol. The summed E-state index contributed by atoms with van der Waals surface area (Å²) in [6, 6.07) is 0. The van der Waals surface area contributed by atoms with Crippen molar-refractivity contribution in [3.63, 3.8) is 0 Å². The van der Waals surface area contributed by atoms with Gasteiger partial charge in [-0.15, -0.1) is 0 Å². The Morgan fingerprint density at radius 1 is 0.417 bits per heavy atom. The van der Waals surface area contributed by atoms with E-state index in [1.165, 1.54) is 0 Å². The number of hydrogen-bond donors (Lipinski definition) is 2. The van der Waals surface area contributed by atoms with Crippen molar-refractivity contribution in [3.05, 3.63) is 46.5 Å². The van der Waals surface area contributed by atoms with Gasteiger partial charge in [-0.05, 0) is 0 Å². The standard InChI is InChI=1S/C14H8F8N2/c1-23-13-9(19)5(15)3(6(16)10(13)20)4-7(17)11(21)14(24-2)12(22)8(4)18/h23-24H,1-2H3. The van der Waals surface area contributed by atoms with Crippen LogP contribution in [0.5, 0.6) is 0 Å². The number of halogens is 8. The van der Waals surface area contributed by atoms with Crippen molar-refractivity contribution in [1.29, 1.82) is 0 Å². The minimum absolute atomic E-state index is 0.933. The average Bonchev–Trinajstić information content (AvgIpc) is 2.55. The van der Waals surface area contributed by atoms with E-state index in [0.717, 1.165) is 14.1 Å². The molecule has 0 saturated carbocycles. The van der Waals surface area contributed by atoms with Crippen molar-refractivity contribution in [2.24, 2.45) is 0 Å². The molecule has 24 heavy (non-hydrogen) atoms. The third-order valence-electron chi connectivity index (χ3n) is 3.28. The SMILES string of the molecule is CNc1c(F)c(F)c(-c2c(F)c(F)c(NC)c(F)c2F)c(F)c1F. The van der Waals surface area contributed by atoms with E-state index in [-0.39, 0.29) is 0 Å². The van der Waals surface area contributed by atoms with Gasteiger partial charge in [0.1, 0.15) is 11.4 Å². The molecule has 0 aliphatic rings. The van der Waals surface area contributed by atoms with Crippen LogP contribution in [0.1, 0.15) is 0 Å². The first kappa shape index (κ1) is 17.8. The van der Waals surface area contributed by atoms with Gasteiger partial charge in [-0.1, -0.05) is 0 Å². The second kappa shape index (κ2) is 6.17. The number of hydrogen-bond acceptors (Lipinski definition) is 2. The van der Waals surface area contributed by atoms with E-state index in [0.29, 0.717) is 0 Å². The molecule has 2 N–H and O–H groups in total. The predicted octanol–water partition coefficient (Wildman–Crippen LogP) is 4.55. The number of rotatable bonds is 3. The minimum Gasteiger partial charge on any atom is -0.383 e. The van der Waals surface area contributed by atoms with Crippen LogP contribution in [0.15, 0.2) is 0 Å². The van der Waals surface area contributed by atoms with Crippen molar-refractivity contribution in [2.75, 3.05) is 24.7 Å². The van der Waals surface area contributed by atoms with Gasteiger partial charge in [0.15, 0.2) is 46.5 Å². The molecule has 2 aromatic carbocycles. The molecule has 0 radical (unpaired) electrons. The zero-order valence-electron chi connectivity index (χ0n) is 12.0. The van der Waals surface area contributed by atoms with Crippen LogP contribution in [-0.4, -0.2) is 14.1 Å². The normalized spacial score (nSPS) is 10.9. The van der Waals surface area contributed by atoms with E-state index in [9.17, 15) is 35.1 Å². The van der Waals surface area contributed by atoms with E-state index in [4.69, 9.17) is 0 Å². The molecular formula is C14H8F8N2. The summed E-state index contributed by atoms with van der Waals surface area (Å²) in [5, 5.41) is 3.64. The van der Waals surface area contributed by atoms with Crippen LogP contribution in [0.2, 0.25) is 0 Å². The molecule has 0 unspecified atom stereocenters. The summed E-state index contributed by atoms with van der Waals surface area (Å²) >= 11 is 0. The zero-order valence-corrected chi connectivity index (χ0v) is 12.0. The van der Waals surface area contributed by atoms with Crippen LogP contribution in [0.3, 0.4) is 0 Å². The van der Waals surface area contributed by atoms with Crippen LogP contribution < -0.4 is 10.6 Å². The topological polar surface area (TPSA) is 24.1 Å². The maximum Gasteiger partial charge on any atom is 0.185 e. The van der Waals surface area contributed by atoms with Gasteiger partial charge in [0.2, 0.25) is 0 Å². The lowest BCUT2D eigenvalue weighted by Gasteiger charge is -2.15. The highest BCUT2D eigenvalue weighted by Crippen LogP contribution is 2.40. The summed E-state index contributed by atoms with van der Waals surface area (Å²) in [4.78, 5) is 0. The van der Waals surface area contributed by atoms with Gasteiger partial charge >= 0.3 is 0 Å². The summed E-state index contributed by atoms with van der Waals surface area (Å²) in [7, 11) is 1.87. The van der Waals surface area contributed by atoms with Crippen molar-refractivity contribution >= 4 is 11.4 Å². The Morgan fingerprint density at radius 2 is 0.625 bits per heavy atom. The largest absolute Gasteiger partial charge is 0.383 e. The lowest BCUT2D eigenvalue weighted by molar-refractivity contribution is 0.446. The molecule has 2 aromatic rings. The van der Waals surface area contributed by atoms with E-state index >= 15 is 0 Å². The summed E-state index contributed by atoms with van der Waals surface area (Å²) in [6.45, 7) is 0. The third kappa shape index (κ3) is 2.33. The number of nitrogens with one attached hydrogen (secondary N) is 2. The van der Waals surface area contributed by atoms with Crippen LogP contribution in [0, 0.1) is 46.5 Å². The van der Waals surface area contributed by atoms with Crippen LogP contribution in [-0.2, 0) is 0 Å². The predicted molar refractivity (Wildman–Crippen MR) is 70.6 cm³/mol. The van der Waals surface area contributed by atoms with Crippen LogP contribution in [0.25, 0.3) is 11.1 Å². The molecule has 0 amide bonds. The Kier molecular flexibility index (Phi) is 4.59. The molecule has 130 valence electrons. The molecule has 0 fully saturated rings. The molecular weight excluding hydrogens is 348 g/mol. The van der Waals surface area contributed by atoms with Gasteiger partial charge in [0, 0.05) is 14.1 Å².